The van der Waals surface area contributed by atoms with Crippen LogP contribution in [0, 0.1) is 20.8 Å². The second kappa shape index (κ2) is 6.95. The highest BCUT2D eigenvalue weighted by Crippen LogP contribution is 2.29. The highest BCUT2D eigenvalue weighted by Gasteiger charge is 2.19. The largest absolute Gasteiger partial charge is 0.357 e. The molecule has 1 aliphatic heterocycles. The molecule has 0 radical (unpaired) electrons. The van der Waals surface area contributed by atoms with Crippen molar-refractivity contribution in [3.8, 4) is 0 Å². The quantitative estimate of drug-likeness (QED) is 0.762. The molecular weight excluding hydrogens is 268 g/mol. The molecule has 1 heterocycles. The predicted octanol–water partition coefficient (Wildman–Crippen LogP) is 5.04. The van der Waals surface area contributed by atoms with Crippen LogP contribution in [-0.2, 0) is 0 Å². The molecule has 1 aromatic rings. The third-order valence-corrected chi connectivity index (χ3v) is 4.29. The van der Waals surface area contributed by atoms with Crippen LogP contribution >= 0.6 is 0 Å². The van der Waals surface area contributed by atoms with Crippen molar-refractivity contribution >= 4 is 11.4 Å². The SMILES string of the molecule is CCN(CC)C1=NC=C(C)CC=C1c1c(C)cc(C)cc1C. The first-order valence-corrected chi connectivity index (χ1v) is 8.25. The van der Waals surface area contributed by atoms with Crippen LogP contribution in [0.1, 0.15) is 49.4 Å². The summed E-state index contributed by atoms with van der Waals surface area (Å²) in [4.78, 5) is 7.17. The van der Waals surface area contributed by atoms with Crippen LogP contribution in [0.15, 0.2) is 35.0 Å². The monoisotopic (exact) mass is 296 g/mol. The van der Waals surface area contributed by atoms with Gasteiger partial charge in [-0.25, -0.2) is 4.99 Å². The lowest BCUT2D eigenvalue weighted by Crippen LogP contribution is -2.31. The van der Waals surface area contributed by atoms with E-state index in [1.807, 2.05) is 6.20 Å². The average molecular weight is 296 g/mol. The van der Waals surface area contributed by atoms with Crippen molar-refractivity contribution in [2.45, 2.75) is 48.0 Å². The van der Waals surface area contributed by atoms with E-state index < -0.39 is 0 Å². The van der Waals surface area contributed by atoms with E-state index in [0.717, 1.165) is 25.3 Å². The number of aryl methyl sites for hydroxylation is 3. The number of hydrogen-bond donors (Lipinski definition) is 0. The van der Waals surface area contributed by atoms with Gasteiger partial charge in [0.05, 0.1) is 0 Å². The van der Waals surface area contributed by atoms with Crippen molar-refractivity contribution in [2.24, 2.45) is 4.99 Å². The summed E-state index contributed by atoms with van der Waals surface area (Å²) in [5, 5.41) is 0. The fourth-order valence-corrected chi connectivity index (χ4v) is 3.24. The average Bonchev–Trinajstić information content (AvgIpc) is 2.63. The molecule has 2 nitrogen and oxygen atoms in total. The molecule has 22 heavy (non-hydrogen) atoms. The van der Waals surface area contributed by atoms with Crippen molar-refractivity contribution in [3.05, 3.63) is 52.2 Å². The highest BCUT2D eigenvalue weighted by molar-refractivity contribution is 6.23. The van der Waals surface area contributed by atoms with Crippen LogP contribution in [0.4, 0.5) is 0 Å². The standard InChI is InChI=1S/C20H28N2/c1-7-22(8-2)20-18(10-9-14(3)13-21-20)19-16(5)11-15(4)12-17(19)6/h10-13H,7-9H2,1-6H3. The van der Waals surface area contributed by atoms with E-state index in [0.29, 0.717) is 0 Å². The Morgan fingerprint density at radius 1 is 1.00 bits per heavy atom. The number of likely N-dealkylation sites (N-methyl/N-ethyl adjacent to an activating group) is 1. The minimum absolute atomic E-state index is 0.969. The molecular formula is C20H28N2. The van der Waals surface area contributed by atoms with Gasteiger partial charge in [0.15, 0.2) is 0 Å². The summed E-state index contributed by atoms with van der Waals surface area (Å²) in [6.45, 7) is 15.1. The van der Waals surface area contributed by atoms with Gasteiger partial charge in [-0.15, -0.1) is 0 Å². The van der Waals surface area contributed by atoms with Gasteiger partial charge in [-0.3, -0.25) is 0 Å². The Bertz CT molecular complexity index is 621. The second-order valence-corrected chi connectivity index (χ2v) is 6.20. The third-order valence-electron chi connectivity index (χ3n) is 4.29. The topological polar surface area (TPSA) is 15.6 Å². The molecule has 0 fully saturated rings. The molecule has 0 atom stereocenters. The van der Waals surface area contributed by atoms with Gasteiger partial charge >= 0.3 is 0 Å². The maximum absolute atomic E-state index is 4.82. The van der Waals surface area contributed by atoms with E-state index in [9.17, 15) is 0 Å². The molecule has 2 rings (SSSR count). The lowest BCUT2D eigenvalue weighted by atomic mass is 9.91. The number of aliphatic imine (C=N–C) groups is 1. The Balaban J connectivity index is 2.61. The minimum Gasteiger partial charge on any atom is -0.357 e. The number of benzene rings is 1. The maximum Gasteiger partial charge on any atom is 0.136 e. The van der Waals surface area contributed by atoms with E-state index in [-0.39, 0.29) is 0 Å². The fourth-order valence-electron chi connectivity index (χ4n) is 3.24. The van der Waals surface area contributed by atoms with Crippen LogP contribution in [0.2, 0.25) is 0 Å². The molecule has 0 saturated carbocycles. The predicted molar refractivity (Wildman–Crippen MR) is 97.4 cm³/mol. The van der Waals surface area contributed by atoms with E-state index in [1.54, 1.807) is 0 Å². The second-order valence-electron chi connectivity index (χ2n) is 6.20. The Morgan fingerprint density at radius 2 is 1.59 bits per heavy atom. The Kier molecular flexibility index (Phi) is 5.23. The first kappa shape index (κ1) is 16.5. The summed E-state index contributed by atoms with van der Waals surface area (Å²) in [6.07, 6.45) is 5.34. The zero-order valence-corrected chi connectivity index (χ0v) is 14.8. The molecule has 1 aromatic carbocycles. The van der Waals surface area contributed by atoms with Gasteiger partial charge in [-0.05, 0) is 64.7 Å². The Hall–Kier alpha value is -1.83. The van der Waals surface area contributed by atoms with Gasteiger partial charge in [0.1, 0.15) is 5.84 Å². The van der Waals surface area contributed by atoms with E-state index in [4.69, 9.17) is 4.99 Å². The summed E-state index contributed by atoms with van der Waals surface area (Å²) in [6, 6.07) is 4.54. The number of amidine groups is 1. The molecule has 0 aromatic heterocycles. The number of allylic oxidation sites excluding steroid dienone is 2. The maximum atomic E-state index is 4.82. The number of hydrogen-bond acceptors (Lipinski definition) is 2. The van der Waals surface area contributed by atoms with Crippen LogP contribution in [0.3, 0.4) is 0 Å². The van der Waals surface area contributed by atoms with Gasteiger partial charge < -0.3 is 4.90 Å². The Morgan fingerprint density at radius 3 is 2.14 bits per heavy atom. The molecule has 1 aliphatic rings. The summed E-state index contributed by atoms with van der Waals surface area (Å²) >= 11 is 0. The summed E-state index contributed by atoms with van der Waals surface area (Å²) in [5.41, 5.74) is 7.93. The lowest BCUT2D eigenvalue weighted by Gasteiger charge is -2.26. The first-order chi connectivity index (χ1) is 10.5. The van der Waals surface area contributed by atoms with Gasteiger partial charge in [-0.2, -0.15) is 0 Å². The van der Waals surface area contributed by atoms with E-state index >= 15 is 0 Å². The van der Waals surface area contributed by atoms with Crippen molar-refractivity contribution in [2.75, 3.05) is 13.1 Å². The van der Waals surface area contributed by atoms with Crippen molar-refractivity contribution in [1.82, 2.24) is 4.90 Å². The third kappa shape index (κ3) is 3.32. The number of nitrogens with zero attached hydrogens (tertiary/aromatic N) is 2. The van der Waals surface area contributed by atoms with Gasteiger partial charge in [0.2, 0.25) is 0 Å². The van der Waals surface area contributed by atoms with Crippen molar-refractivity contribution in [3.63, 3.8) is 0 Å². The molecule has 0 saturated heterocycles. The Labute approximate surface area is 135 Å². The number of rotatable bonds is 3. The van der Waals surface area contributed by atoms with Crippen LogP contribution in [0.25, 0.3) is 5.57 Å². The molecule has 118 valence electrons. The normalized spacial score (nSPS) is 14.9. The van der Waals surface area contributed by atoms with Crippen LogP contribution in [-0.4, -0.2) is 23.8 Å². The smallest absolute Gasteiger partial charge is 0.136 e. The van der Waals surface area contributed by atoms with Gasteiger partial charge in [-0.1, -0.05) is 29.3 Å². The lowest BCUT2D eigenvalue weighted by molar-refractivity contribution is 0.469. The molecule has 0 aliphatic carbocycles. The van der Waals surface area contributed by atoms with Gasteiger partial charge in [0, 0.05) is 24.9 Å². The first-order valence-electron chi connectivity index (χ1n) is 8.25. The molecule has 0 amide bonds. The summed E-state index contributed by atoms with van der Waals surface area (Å²) in [7, 11) is 0. The molecule has 0 N–H and O–H groups in total. The van der Waals surface area contributed by atoms with Crippen LogP contribution in [0.5, 0.6) is 0 Å². The van der Waals surface area contributed by atoms with E-state index in [2.05, 4.69) is 64.7 Å². The summed E-state index contributed by atoms with van der Waals surface area (Å²) in [5.74, 6) is 1.11. The van der Waals surface area contributed by atoms with E-state index in [1.165, 1.54) is 33.4 Å². The van der Waals surface area contributed by atoms with Crippen LogP contribution < -0.4 is 0 Å². The molecule has 0 bridgehead atoms. The molecule has 2 heteroatoms. The van der Waals surface area contributed by atoms with Crippen molar-refractivity contribution in [1.29, 1.82) is 0 Å². The van der Waals surface area contributed by atoms with Crippen molar-refractivity contribution < 1.29 is 0 Å². The molecule has 0 unspecified atom stereocenters. The zero-order chi connectivity index (χ0) is 16.3. The highest BCUT2D eigenvalue weighted by atomic mass is 15.2. The fraction of sp³-hybridized carbons (Fsp3) is 0.450. The minimum atomic E-state index is 0.969. The molecule has 0 spiro atoms. The summed E-state index contributed by atoms with van der Waals surface area (Å²) < 4.78 is 0. The van der Waals surface area contributed by atoms with Gasteiger partial charge in [0.25, 0.3) is 0 Å². The zero-order valence-electron chi connectivity index (χ0n) is 14.8.